The van der Waals surface area contributed by atoms with Gasteiger partial charge in [-0.05, 0) is 48.7 Å². The fourth-order valence-corrected chi connectivity index (χ4v) is 2.26. The van der Waals surface area contributed by atoms with Crippen LogP contribution in [0.2, 0.25) is 0 Å². The minimum Gasteiger partial charge on any atom is -0.494 e. The third kappa shape index (κ3) is 6.12. The molecule has 0 aliphatic carbocycles. The molecule has 0 aliphatic rings. The van der Waals surface area contributed by atoms with Gasteiger partial charge in [-0.1, -0.05) is 24.3 Å². The standard InChI is InChI=1S/C19H23NO3/c1-15-6-3-9-18(12-15)23-11-5-10-19(21)20-17-8-4-7-16(13-17)14-22-2/h3-4,6-9,12-13H,5,10-11,14H2,1-2H3,(H,20,21). The van der Waals surface area contributed by atoms with Gasteiger partial charge >= 0.3 is 0 Å². The summed E-state index contributed by atoms with van der Waals surface area (Å²) in [6.07, 6.45) is 1.11. The van der Waals surface area contributed by atoms with Crippen molar-refractivity contribution in [2.45, 2.75) is 26.4 Å². The van der Waals surface area contributed by atoms with Crippen LogP contribution < -0.4 is 10.1 Å². The summed E-state index contributed by atoms with van der Waals surface area (Å²) in [5.74, 6) is 0.838. The maximum absolute atomic E-state index is 11.9. The van der Waals surface area contributed by atoms with Gasteiger partial charge in [0.25, 0.3) is 0 Å². The minimum atomic E-state index is -0.00703. The molecule has 4 nitrogen and oxygen atoms in total. The average molecular weight is 313 g/mol. The van der Waals surface area contributed by atoms with Crippen molar-refractivity contribution in [1.29, 1.82) is 0 Å². The summed E-state index contributed by atoms with van der Waals surface area (Å²) >= 11 is 0. The number of ether oxygens (including phenoxy) is 2. The van der Waals surface area contributed by atoms with Crippen LogP contribution in [0.25, 0.3) is 0 Å². The lowest BCUT2D eigenvalue weighted by atomic mass is 10.2. The largest absolute Gasteiger partial charge is 0.494 e. The number of carbonyl (C=O) groups is 1. The Morgan fingerprint density at radius 2 is 1.96 bits per heavy atom. The van der Waals surface area contributed by atoms with E-state index in [1.807, 2.05) is 55.5 Å². The molecule has 2 aromatic carbocycles. The van der Waals surface area contributed by atoms with Crippen molar-refractivity contribution in [2.24, 2.45) is 0 Å². The number of methoxy groups -OCH3 is 1. The zero-order valence-electron chi connectivity index (χ0n) is 13.7. The van der Waals surface area contributed by atoms with Crippen LogP contribution in [0.15, 0.2) is 48.5 Å². The number of amides is 1. The number of carbonyl (C=O) groups excluding carboxylic acids is 1. The lowest BCUT2D eigenvalue weighted by Crippen LogP contribution is -2.13. The predicted octanol–water partition coefficient (Wildman–Crippen LogP) is 3.94. The van der Waals surface area contributed by atoms with E-state index in [1.54, 1.807) is 7.11 Å². The van der Waals surface area contributed by atoms with Crippen molar-refractivity contribution in [3.63, 3.8) is 0 Å². The number of aryl methyl sites for hydroxylation is 1. The molecule has 23 heavy (non-hydrogen) atoms. The molecule has 2 rings (SSSR count). The molecule has 0 bridgehead atoms. The van der Waals surface area contributed by atoms with Crippen molar-refractivity contribution in [3.8, 4) is 5.75 Å². The molecular formula is C19H23NO3. The molecule has 0 radical (unpaired) electrons. The van der Waals surface area contributed by atoms with Gasteiger partial charge in [-0.2, -0.15) is 0 Å². The van der Waals surface area contributed by atoms with E-state index in [0.717, 1.165) is 22.6 Å². The highest BCUT2D eigenvalue weighted by molar-refractivity contribution is 5.90. The fraction of sp³-hybridized carbons (Fsp3) is 0.316. The molecule has 2 aromatic rings. The SMILES string of the molecule is COCc1cccc(NC(=O)CCCOc2cccc(C)c2)c1. The van der Waals surface area contributed by atoms with Gasteiger partial charge in [0.05, 0.1) is 13.2 Å². The molecule has 1 N–H and O–H groups in total. The second-order valence-electron chi connectivity index (χ2n) is 5.45. The van der Waals surface area contributed by atoms with Gasteiger partial charge < -0.3 is 14.8 Å². The summed E-state index contributed by atoms with van der Waals surface area (Å²) in [5.41, 5.74) is 2.99. The molecule has 0 saturated carbocycles. The highest BCUT2D eigenvalue weighted by Gasteiger charge is 2.04. The number of benzene rings is 2. The molecular weight excluding hydrogens is 290 g/mol. The van der Waals surface area contributed by atoms with Crippen LogP contribution in [-0.4, -0.2) is 19.6 Å². The molecule has 1 amide bonds. The van der Waals surface area contributed by atoms with Crippen molar-refractivity contribution in [2.75, 3.05) is 19.0 Å². The second-order valence-corrected chi connectivity index (χ2v) is 5.45. The number of anilines is 1. The maximum Gasteiger partial charge on any atom is 0.224 e. The molecule has 0 heterocycles. The van der Waals surface area contributed by atoms with Crippen LogP contribution in [0.4, 0.5) is 5.69 Å². The molecule has 0 spiro atoms. The van der Waals surface area contributed by atoms with Crippen LogP contribution in [-0.2, 0) is 16.1 Å². The van der Waals surface area contributed by atoms with E-state index < -0.39 is 0 Å². The van der Waals surface area contributed by atoms with Crippen LogP contribution >= 0.6 is 0 Å². The summed E-state index contributed by atoms with van der Waals surface area (Å²) in [4.78, 5) is 11.9. The first kappa shape index (κ1) is 17.0. The minimum absolute atomic E-state index is 0.00703. The second kappa shape index (κ2) is 8.96. The van der Waals surface area contributed by atoms with Gasteiger partial charge in [0.1, 0.15) is 5.75 Å². The van der Waals surface area contributed by atoms with Crippen LogP contribution in [0, 0.1) is 6.92 Å². The van der Waals surface area contributed by atoms with E-state index >= 15 is 0 Å². The Balaban J connectivity index is 1.71. The summed E-state index contributed by atoms with van der Waals surface area (Å²) < 4.78 is 10.7. The Morgan fingerprint density at radius 3 is 2.74 bits per heavy atom. The Labute approximate surface area is 137 Å². The zero-order valence-corrected chi connectivity index (χ0v) is 13.7. The Morgan fingerprint density at radius 1 is 1.13 bits per heavy atom. The lowest BCUT2D eigenvalue weighted by molar-refractivity contribution is -0.116. The van der Waals surface area contributed by atoms with Crippen LogP contribution in [0.5, 0.6) is 5.75 Å². The third-order valence-electron chi connectivity index (χ3n) is 3.33. The smallest absolute Gasteiger partial charge is 0.224 e. The predicted molar refractivity (Wildman–Crippen MR) is 91.7 cm³/mol. The number of hydrogen-bond donors (Lipinski definition) is 1. The van der Waals surface area contributed by atoms with Gasteiger partial charge in [0.15, 0.2) is 0 Å². The maximum atomic E-state index is 11.9. The van der Waals surface area contributed by atoms with Crippen molar-refractivity contribution in [1.82, 2.24) is 0 Å². The Bertz CT molecular complexity index is 640. The number of rotatable bonds is 8. The average Bonchev–Trinajstić information content (AvgIpc) is 2.52. The normalized spacial score (nSPS) is 10.3. The third-order valence-corrected chi connectivity index (χ3v) is 3.33. The first-order valence-corrected chi connectivity index (χ1v) is 7.74. The van der Waals surface area contributed by atoms with Gasteiger partial charge in [-0.3, -0.25) is 4.79 Å². The fourth-order valence-electron chi connectivity index (χ4n) is 2.26. The molecule has 0 saturated heterocycles. The van der Waals surface area contributed by atoms with E-state index in [0.29, 0.717) is 26.1 Å². The summed E-state index contributed by atoms with van der Waals surface area (Å²) in [6, 6.07) is 15.6. The van der Waals surface area contributed by atoms with E-state index in [2.05, 4.69) is 5.32 Å². The molecule has 4 heteroatoms. The topological polar surface area (TPSA) is 47.6 Å². The summed E-state index contributed by atoms with van der Waals surface area (Å²) in [7, 11) is 1.65. The number of hydrogen-bond acceptors (Lipinski definition) is 3. The molecule has 0 aromatic heterocycles. The Kier molecular flexibility index (Phi) is 6.63. The molecule has 122 valence electrons. The molecule has 0 atom stereocenters. The van der Waals surface area contributed by atoms with E-state index in [4.69, 9.17) is 9.47 Å². The summed E-state index contributed by atoms with van der Waals surface area (Å²) in [6.45, 7) is 3.09. The van der Waals surface area contributed by atoms with Gasteiger partial charge in [0.2, 0.25) is 5.91 Å². The van der Waals surface area contributed by atoms with Gasteiger partial charge in [-0.15, -0.1) is 0 Å². The highest BCUT2D eigenvalue weighted by Crippen LogP contribution is 2.14. The zero-order chi connectivity index (χ0) is 16.5. The van der Waals surface area contributed by atoms with Crippen molar-refractivity contribution in [3.05, 3.63) is 59.7 Å². The Hall–Kier alpha value is -2.33. The van der Waals surface area contributed by atoms with Crippen LogP contribution in [0.3, 0.4) is 0 Å². The lowest BCUT2D eigenvalue weighted by Gasteiger charge is -2.08. The summed E-state index contributed by atoms with van der Waals surface area (Å²) in [5, 5.41) is 2.90. The first-order valence-electron chi connectivity index (χ1n) is 7.74. The van der Waals surface area contributed by atoms with Crippen molar-refractivity contribution >= 4 is 11.6 Å². The first-order chi connectivity index (χ1) is 11.2. The molecule has 0 unspecified atom stereocenters. The van der Waals surface area contributed by atoms with Crippen molar-refractivity contribution < 1.29 is 14.3 Å². The van der Waals surface area contributed by atoms with Gasteiger partial charge in [0, 0.05) is 19.2 Å². The van der Waals surface area contributed by atoms with E-state index in [1.165, 1.54) is 0 Å². The van der Waals surface area contributed by atoms with Gasteiger partial charge in [-0.25, -0.2) is 0 Å². The van der Waals surface area contributed by atoms with E-state index in [-0.39, 0.29) is 5.91 Å². The molecule has 0 fully saturated rings. The molecule has 0 aliphatic heterocycles. The van der Waals surface area contributed by atoms with Crippen LogP contribution in [0.1, 0.15) is 24.0 Å². The quantitative estimate of drug-likeness (QED) is 0.751. The number of nitrogens with one attached hydrogen (secondary N) is 1. The highest BCUT2D eigenvalue weighted by atomic mass is 16.5. The monoisotopic (exact) mass is 313 g/mol. The van der Waals surface area contributed by atoms with E-state index in [9.17, 15) is 4.79 Å².